The van der Waals surface area contributed by atoms with Crippen LogP contribution in [0.1, 0.15) is 17.5 Å². The first-order chi connectivity index (χ1) is 14.7. The van der Waals surface area contributed by atoms with E-state index >= 15 is 0 Å². The summed E-state index contributed by atoms with van der Waals surface area (Å²) in [6.07, 6.45) is 9.55. The molecule has 7 rings (SSSR count). The number of hydrogen-bond donors (Lipinski definition) is 1. The van der Waals surface area contributed by atoms with Crippen molar-refractivity contribution in [1.29, 1.82) is 5.26 Å². The summed E-state index contributed by atoms with van der Waals surface area (Å²) in [4.78, 5) is 23.1. The molecule has 4 aliphatic heterocycles. The van der Waals surface area contributed by atoms with Crippen LogP contribution in [0.25, 0.3) is 22.3 Å². The number of piperidine rings is 1. The summed E-state index contributed by atoms with van der Waals surface area (Å²) < 4.78 is 6.69. The third kappa shape index (κ3) is 2.65. The lowest BCUT2D eigenvalue weighted by Crippen LogP contribution is -2.67. The number of nitrogens with one attached hydrogen (secondary N) is 1. The molecular formula is C21H17N7O2. The standard InChI is InChI=1S/C21H17N7O2/c22-4-14-5-25-28-8-12(13-2-20(29)30-11-13)1-17(21(14)28)18-6-24-19(7-23-18)27-9-15-3-16(10-27)26-15/h1-2,5-8,15-16,26H,3,9-11H2. The Kier molecular flexibility index (Phi) is 3.63. The molecule has 0 radical (unpaired) electrons. The third-order valence-electron chi connectivity index (χ3n) is 5.93. The van der Waals surface area contributed by atoms with Gasteiger partial charge in [0.25, 0.3) is 0 Å². The van der Waals surface area contributed by atoms with Gasteiger partial charge >= 0.3 is 5.97 Å². The highest BCUT2D eigenvalue weighted by Gasteiger charge is 2.36. The molecule has 2 bridgehead atoms. The Hall–Kier alpha value is -3.77. The Labute approximate surface area is 171 Å². The van der Waals surface area contributed by atoms with Gasteiger partial charge in [-0.1, -0.05) is 0 Å². The summed E-state index contributed by atoms with van der Waals surface area (Å²) in [5.74, 6) is 0.497. The second kappa shape index (κ2) is 6.37. The first-order valence-corrected chi connectivity index (χ1v) is 9.80. The Morgan fingerprint density at radius 1 is 1.20 bits per heavy atom. The SMILES string of the molecule is N#Cc1cnn2cc(C3=CC(=O)OC3)cc(-c3cnc(N4CC5CC(C4)N5)cn3)c12. The fraction of sp³-hybridized carbons (Fsp3) is 0.286. The van der Waals surface area contributed by atoms with Gasteiger partial charge in [-0.25, -0.2) is 14.3 Å². The van der Waals surface area contributed by atoms with Crippen molar-refractivity contribution in [2.24, 2.45) is 0 Å². The highest BCUT2D eigenvalue weighted by atomic mass is 16.5. The minimum absolute atomic E-state index is 0.214. The zero-order chi connectivity index (χ0) is 20.2. The minimum atomic E-state index is -0.358. The molecule has 0 aromatic carbocycles. The molecule has 3 aromatic heterocycles. The number of pyridine rings is 1. The number of ether oxygens (including phenoxy) is 1. The van der Waals surface area contributed by atoms with Crippen molar-refractivity contribution in [2.45, 2.75) is 18.5 Å². The average molecular weight is 399 g/mol. The van der Waals surface area contributed by atoms with Crippen molar-refractivity contribution in [3.63, 3.8) is 0 Å². The lowest BCUT2D eigenvalue weighted by molar-refractivity contribution is -0.134. The fourth-order valence-corrected chi connectivity index (χ4v) is 4.44. The molecule has 0 saturated carbocycles. The predicted molar refractivity (Wildman–Crippen MR) is 107 cm³/mol. The number of piperazine rings is 1. The van der Waals surface area contributed by atoms with E-state index in [4.69, 9.17) is 4.74 Å². The Morgan fingerprint density at radius 2 is 2.03 bits per heavy atom. The van der Waals surface area contributed by atoms with Crippen molar-refractivity contribution in [3.05, 3.63) is 48.1 Å². The van der Waals surface area contributed by atoms with Gasteiger partial charge in [0, 0.05) is 54.1 Å². The lowest BCUT2D eigenvalue weighted by atomic mass is 9.91. The molecule has 9 heteroatoms. The van der Waals surface area contributed by atoms with E-state index in [-0.39, 0.29) is 12.6 Å². The van der Waals surface area contributed by atoms with Crippen LogP contribution in [0.15, 0.2) is 36.9 Å². The molecule has 1 N–H and O–H groups in total. The van der Waals surface area contributed by atoms with Crippen LogP contribution in [0.5, 0.6) is 0 Å². The third-order valence-corrected chi connectivity index (χ3v) is 5.93. The van der Waals surface area contributed by atoms with E-state index in [1.54, 1.807) is 23.1 Å². The average Bonchev–Trinajstić information content (AvgIpc) is 3.39. The smallest absolute Gasteiger partial charge is 0.331 e. The van der Waals surface area contributed by atoms with Gasteiger partial charge in [0.1, 0.15) is 18.5 Å². The second-order valence-corrected chi connectivity index (χ2v) is 7.84. The van der Waals surface area contributed by atoms with Gasteiger partial charge in [0.15, 0.2) is 0 Å². The van der Waals surface area contributed by atoms with Crippen LogP contribution >= 0.6 is 0 Å². The van der Waals surface area contributed by atoms with Crippen LogP contribution in [0.3, 0.4) is 0 Å². The quantitative estimate of drug-likeness (QED) is 0.654. The number of nitriles is 1. The molecule has 7 heterocycles. The zero-order valence-electron chi connectivity index (χ0n) is 15.9. The van der Waals surface area contributed by atoms with Crippen molar-refractivity contribution in [3.8, 4) is 17.3 Å². The summed E-state index contributed by atoms with van der Waals surface area (Å²) in [6.45, 7) is 2.09. The normalized spacial score (nSPS) is 22.4. The topological polar surface area (TPSA) is 108 Å². The number of esters is 1. The first kappa shape index (κ1) is 17.1. The number of fused-ring (bicyclic) bond motifs is 3. The highest BCUT2D eigenvalue weighted by Crippen LogP contribution is 2.31. The maximum absolute atomic E-state index is 11.5. The number of rotatable bonds is 3. The summed E-state index contributed by atoms with van der Waals surface area (Å²) in [5.41, 5.74) is 4.07. The van der Waals surface area contributed by atoms with Crippen LogP contribution in [0.2, 0.25) is 0 Å². The van der Waals surface area contributed by atoms with Gasteiger partial charge in [0.2, 0.25) is 0 Å². The molecule has 30 heavy (non-hydrogen) atoms. The van der Waals surface area contributed by atoms with Crippen LogP contribution in [0.4, 0.5) is 5.82 Å². The Morgan fingerprint density at radius 3 is 2.70 bits per heavy atom. The van der Waals surface area contributed by atoms with Gasteiger partial charge in [-0.05, 0) is 12.5 Å². The van der Waals surface area contributed by atoms with E-state index in [0.29, 0.717) is 28.9 Å². The van der Waals surface area contributed by atoms with E-state index in [2.05, 4.69) is 31.4 Å². The molecule has 3 fully saturated rings. The van der Waals surface area contributed by atoms with E-state index in [1.165, 1.54) is 18.7 Å². The molecule has 4 aliphatic rings. The lowest BCUT2D eigenvalue weighted by Gasteiger charge is -2.48. The van der Waals surface area contributed by atoms with Crippen LogP contribution in [-0.4, -0.2) is 57.3 Å². The van der Waals surface area contributed by atoms with Crippen molar-refractivity contribution in [2.75, 3.05) is 24.6 Å². The van der Waals surface area contributed by atoms with Gasteiger partial charge in [0.05, 0.1) is 35.4 Å². The largest absolute Gasteiger partial charge is 0.458 e. The molecular weight excluding hydrogens is 382 g/mol. The molecule has 3 aromatic rings. The summed E-state index contributed by atoms with van der Waals surface area (Å²) in [7, 11) is 0. The number of nitrogens with zero attached hydrogens (tertiary/aromatic N) is 6. The maximum Gasteiger partial charge on any atom is 0.331 e. The number of hydrogen-bond acceptors (Lipinski definition) is 8. The van der Waals surface area contributed by atoms with Crippen molar-refractivity contribution in [1.82, 2.24) is 24.9 Å². The number of carbonyl (C=O) groups excluding carboxylic acids is 1. The molecule has 0 aliphatic carbocycles. The number of cyclic esters (lactones) is 1. The molecule has 9 nitrogen and oxygen atoms in total. The van der Waals surface area contributed by atoms with Gasteiger partial charge < -0.3 is 15.0 Å². The van der Waals surface area contributed by atoms with E-state index in [9.17, 15) is 10.1 Å². The molecule has 2 unspecified atom stereocenters. The summed E-state index contributed by atoms with van der Waals surface area (Å²) in [6, 6.07) is 5.18. The maximum atomic E-state index is 11.5. The van der Waals surface area contributed by atoms with Gasteiger partial charge in [-0.3, -0.25) is 4.98 Å². The van der Waals surface area contributed by atoms with Gasteiger partial charge in [-0.2, -0.15) is 10.4 Å². The van der Waals surface area contributed by atoms with Crippen molar-refractivity contribution < 1.29 is 9.53 Å². The second-order valence-electron chi connectivity index (χ2n) is 7.84. The van der Waals surface area contributed by atoms with Crippen molar-refractivity contribution >= 4 is 22.9 Å². The molecule has 148 valence electrons. The summed E-state index contributed by atoms with van der Waals surface area (Å²) >= 11 is 0. The molecule has 0 amide bonds. The Balaban J connectivity index is 1.43. The fourth-order valence-electron chi connectivity index (χ4n) is 4.44. The van der Waals surface area contributed by atoms with Crippen LogP contribution in [0, 0.1) is 11.3 Å². The highest BCUT2D eigenvalue weighted by molar-refractivity contribution is 5.97. The molecule has 0 spiro atoms. The van der Waals surface area contributed by atoms with Crippen LogP contribution in [-0.2, 0) is 9.53 Å². The minimum Gasteiger partial charge on any atom is -0.458 e. The predicted octanol–water partition coefficient (Wildman–Crippen LogP) is 1.15. The van der Waals surface area contributed by atoms with Crippen LogP contribution < -0.4 is 10.2 Å². The number of anilines is 1. The van der Waals surface area contributed by atoms with E-state index in [0.717, 1.165) is 35.6 Å². The molecule has 3 saturated heterocycles. The Bertz CT molecular complexity index is 1240. The van der Waals surface area contributed by atoms with Gasteiger partial charge in [-0.15, -0.1) is 0 Å². The summed E-state index contributed by atoms with van der Waals surface area (Å²) in [5, 5.41) is 17.3. The number of carbonyl (C=O) groups is 1. The monoisotopic (exact) mass is 399 g/mol. The first-order valence-electron chi connectivity index (χ1n) is 9.80. The van der Waals surface area contributed by atoms with E-state index in [1.807, 2.05) is 6.07 Å². The molecule has 2 atom stereocenters. The number of aromatic nitrogens is 4. The zero-order valence-corrected chi connectivity index (χ0v) is 15.9. The van der Waals surface area contributed by atoms with E-state index < -0.39 is 0 Å².